The number of anilines is 1. The lowest BCUT2D eigenvalue weighted by Crippen LogP contribution is -2.15. The van der Waals surface area contributed by atoms with Gasteiger partial charge >= 0.3 is 6.18 Å². The van der Waals surface area contributed by atoms with Crippen LogP contribution in [0.5, 0.6) is 0 Å². The highest BCUT2D eigenvalue weighted by atomic mass is 32.2. The van der Waals surface area contributed by atoms with E-state index in [4.69, 9.17) is 0 Å². The number of halogens is 3. The number of aromatic nitrogens is 2. The highest BCUT2D eigenvalue weighted by Crippen LogP contribution is 2.43. The topological polar surface area (TPSA) is 46.9 Å². The molecule has 2 heterocycles. The molecule has 8 heteroatoms. The van der Waals surface area contributed by atoms with Crippen molar-refractivity contribution in [2.45, 2.75) is 23.7 Å². The Kier molecular flexibility index (Phi) is 4.45. The second kappa shape index (κ2) is 6.70. The van der Waals surface area contributed by atoms with Crippen LogP contribution in [-0.4, -0.2) is 15.7 Å². The number of hydrogen-bond acceptors (Lipinski definition) is 3. The van der Waals surface area contributed by atoms with Gasteiger partial charge in [-0.1, -0.05) is 17.7 Å². The van der Waals surface area contributed by atoms with Crippen LogP contribution in [0.1, 0.15) is 27.2 Å². The first-order valence-corrected chi connectivity index (χ1v) is 9.51. The number of nitrogens with one attached hydrogen (secondary N) is 1. The Balaban J connectivity index is 1.69. The van der Waals surface area contributed by atoms with Gasteiger partial charge < -0.3 is 5.32 Å². The van der Waals surface area contributed by atoms with E-state index in [1.165, 1.54) is 12.1 Å². The first kappa shape index (κ1) is 18.6. The Morgan fingerprint density at radius 2 is 2.00 bits per heavy atom. The third-order valence-electron chi connectivity index (χ3n) is 4.57. The maximum absolute atomic E-state index is 12.9. The molecule has 4 nitrogen and oxygen atoms in total. The van der Waals surface area contributed by atoms with Gasteiger partial charge in [0.15, 0.2) is 5.69 Å². The molecule has 0 aliphatic carbocycles. The Morgan fingerprint density at radius 3 is 2.75 bits per heavy atom. The molecule has 0 radical (unpaired) electrons. The van der Waals surface area contributed by atoms with Gasteiger partial charge in [-0.25, -0.2) is 0 Å². The summed E-state index contributed by atoms with van der Waals surface area (Å²) in [6, 6.07) is 10.7. The fraction of sp³-hybridized carbons (Fsp3) is 0.200. The molecule has 144 valence electrons. The lowest BCUT2D eigenvalue weighted by molar-refractivity contribution is -0.137. The average molecular weight is 403 g/mol. The largest absolute Gasteiger partial charge is 0.416 e. The summed E-state index contributed by atoms with van der Waals surface area (Å²) in [5.74, 6) is 0.0535. The molecule has 0 spiro atoms. The molecule has 0 atom stereocenters. The van der Waals surface area contributed by atoms with E-state index >= 15 is 0 Å². The highest BCUT2D eigenvalue weighted by molar-refractivity contribution is 7.98. The van der Waals surface area contributed by atoms with Gasteiger partial charge in [0.25, 0.3) is 5.91 Å². The quantitative estimate of drug-likeness (QED) is 0.634. The average Bonchev–Trinajstić information content (AvgIpc) is 2.98. The minimum absolute atomic E-state index is 0.0823. The van der Waals surface area contributed by atoms with Gasteiger partial charge in [-0.15, -0.1) is 11.8 Å². The van der Waals surface area contributed by atoms with E-state index in [0.717, 1.165) is 39.4 Å². The van der Waals surface area contributed by atoms with E-state index in [1.807, 2.05) is 19.1 Å². The van der Waals surface area contributed by atoms with Crippen molar-refractivity contribution in [1.82, 2.24) is 9.78 Å². The Bertz CT molecular complexity index is 1090. The molecule has 1 N–H and O–H groups in total. The first-order chi connectivity index (χ1) is 13.2. The molecule has 0 saturated carbocycles. The zero-order valence-electron chi connectivity index (χ0n) is 15.1. The van der Waals surface area contributed by atoms with E-state index in [1.54, 1.807) is 23.5 Å². The predicted octanol–water partition coefficient (Wildman–Crippen LogP) is 5.27. The zero-order valence-corrected chi connectivity index (χ0v) is 15.9. The van der Waals surface area contributed by atoms with Crippen LogP contribution in [0.4, 0.5) is 18.9 Å². The summed E-state index contributed by atoms with van der Waals surface area (Å²) in [7, 11) is 1.77. The predicted molar refractivity (Wildman–Crippen MR) is 102 cm³/mol. The van der Waals surface area contributed by atoms with E-state index < -0.39 is 17.6 Å². The monoisotopic (exact) mass is 403 g/mol. The molecule has 1 amide bonds. The summed E-state index contributed by atoms with van der Waals surface area (Å²) in [4.78, 5) is 13.9. The van der Waals surface area contributed by atoms with Crippen molar-refractivity contribution >= 4 is 23.4 Å². The Morgan fingerprint density at radius 1 is 1.21 bits per heavy atom. The number of nitrogens with zero attached hydrogens (tertiary/aromatic N) is 2. The SMILES string of the molecule is Cc1ccc2c(c1)-c1c(c(C(=O)Nc3cccc(C(F)(F)F)c3)nn1C)CS2. The van der Waals surface area contributed by atoms with Crippen LogP contribution >= 0.6 is 11.8 Å². The Hall–Kier alpha value is -2.74. The molecular formula is C20H16F3N3OS. The summed E-state index contributed by atoms with van der Waals surface area (Å²) in [5, 5.41) is 6.90. The fourth-order valence-corrected chi connectivity index (χ4v) is 4.34. The molecule has 1 aliphatic heterocycles. The van der Waals surface area contributed by atoms with Crippen molar-refractivity contribution in [3.8, 4) is 11.3 Å². The van der Waals surface area contributed by atoms with Gasteiger partial charge in [0.1, 0.15) is 0 Å². The van der Waals surface area contributed by atoms with E-state index in [2.05, 4.69) is 16.5 Å². The smallest absolute Gasteiger partial charge is 0.321 e. The van der Waals surface area contributed by atoms with Gasteiger partial charge in [0.05, 0.1) is 11.3 Å². The number of hydrogen-bond donors (Lipinski definition) is 1. The van der Waals surface area contributed by atoms with Crippen molar-refractivity contribution < 1.29 is 18.0 Å². The number of fused-ring (bicyclic) bond motifs is 3. The number of thioether (sulfide) groups is 1. The maximum Gasteiger partial charge on any atom is 0.416 e. The van der Waals surface area contributed by atoms with E-state index in [0.29, 0.717) is 5.75 Å². The van der Waals surface area contributed by atoms with Crippen LogP contribution in [0.3, 0.4) is 0 Å². The molecule has 0 fully saturated rings. The highest BCUT2D eigenvalue weighted by Gasteiger charge is 2.31. The van der Waals surface area contributed by atoms with Crippen LogP contribution in [0.2, 0.25) is 0 Å². The number of carbonyl (C=O) groups excluding carboxylic acids is 1. The van der Waals surface area contributed by atoms with Crippen LogP contribution < -0.4 is 5.32 Å². The van der Waals surface area contributed by atoms with Crippen LogP contribution in [0.25, 0.3) is 11.3 Å². The normalized spacial score (nSPS) is 13.0. The summed E-state index contributed by atoms with van der Waals surface area (Å²) in [6.45, 7) is 2.00. The van der Waals surface area contributed by atoms with Gasteiger partial charge in [-0.2, -0.15) is 18.3 Å². The van der Waals surface area contributed by atoms with Crippen molar-refractivity contribution in [3.63, 3.8) is 0 Å². The fourth-order valence-electron chi connectivity index (χ4n) is 3.29. The van der Waals surface area contributed by atoms with Crippen LogP contribution in [0.15, 0.2) is 47.4 Å². The third-order valence-corrected chi connectivity index (χ3v) is 5.67. The molecule has 1 aliphatic rings. The maximum atomic E-state index is 12.9. The molecule has 1 aromatic heterocycles. The van der Waals surface area contributed by atoms with Crippen LogP contribution in [0, 0.1) is 6.92 Å². The number of amides is 1. The summed E-state index contributed by atoms with van der Waals surface area (Å²) >= 11 is 1.62. The molecule has 0 unspecified atom stereocenters. The van der Waals surface area contributed by atoms with Crippen molar-refractivity contribution in [3.05, 3.63) is 64.8 Å². The summed E-state index contributed by atoms with van der Waals surface area (Å²) in [5.41, 5.74) is 3.27. The standard InChI is InChI=1S/C20H16F3N3OS/c1-11-6-7-16-14(8-11)18-15(10-28-16)17(25-26(18)2)19(27)24-13-5-3-4-12(9-13)20(21,22)23/h3-9H,10H2,1-2H3,(H,24,27). The number of rotatable bonds is 2. The zero-order chi connectivity index (χ0) is 20.1. The molecule has 28 heavy (non-hydrogen) atoms. The number of benzene rings is 2. The summed E-state index contributed by atoms with van der Waals surface area (Å²) < 4.78 is 40.4. The van der Waals surface area contributed by atoms with Gasteiger partial charge in [-0.3, -0.25) is 9.48 Å². The lowest BCUT2D eigenvalue weighted by Gasteiger charge is -2.18. The van der Waals surface area contributed by atoms with Crippen molar-refractivity contribution in [2.75, 3.05) is 5.32 Å². The molecule has 2 aromatic carbocycles. The molecule has 0 saturated heterocycles. The second-order valence-electron chi connectivity index (χ2n) is 6.62. The third kappa shape index (κ3) is 3.28. The van der Waals surface area contributed by atoms with E-state index in [-0.39, 0.29) is 11.4 Å². The van der Waals surface area contributed by atoms with E-state index in [9.17, 15) is 18.0 Å². The molecule has 0 bridgehead atoms. The minimum atomic E-state index is -4.47. The number of alkyl halides is 3. The van der Waals surface area contributed by atoms with Crippen molar-refractivity contribution in [1.29, 1.82) is 0 Å². The number of aryl methyl sites for hydroxylation is 2. The first-order valence-electron chi connectivity index (χ1n) is 8.52. The molecule has 4 rings (SSSR count). The van der Waals surface area contributed by atoms with Gasteiger partial charge in [-0.05, 0) is 37.3 Å². The minimum Gasteiger partial charge on any atom is -0.321 e. The van der Waals surface area contributed by atoms with Gasteiger partial charge in [0.2, 0.25) is 0 Å². The lowest BCUT2D eigenvalue weighted by atomic mass is 10.0. The van der Waals surface area contributed by atoms with Crippen molar-refractivity contribution in [2.24, 2.45) is 7.05 Å². The summed E-state index contributed by atoms with van der Waals surface area (Å²) in [6.07, 6.45) is -4.47. The van der Waals surface area contributed by atoms with Gasteiger partial charge in [0, 0.05) is 34.5 Å². The second-order valence-corrected chi connectivity index (χ2v) is 7.64. The number of carbonyl (C=O) groups is 1. The van der Waals surface area contributed by atoms with Crippen LogP contribution in [-0.2, 0) is 19.0 Å². The molecular weight excluding hydrogens is 387 g/mol. The molecule has 3 aromatic rings. The Labute approximate surface area is 163 Å².